The van der Waals surface area contributed by atoms with Crippen molar-refractivity contribution in [2.75, 3.05) is 0 Å². The van der Waals surface area contributed by atoms with Crippen molar-refractivity contribution in [1.82, 2.24) is 4.90 Å². The number of nitrogens with zero attached hydrogens (tertiary/aromatic N) is 4. The molecule has 0 aromatic heterocycles. The smallest absolute Gasteiger partial charge is 0.270 e. The Balaban J connectivity index is 1.80. The second-order valence-electron chi connectivity index (χ2n) is 6.64. The van der Waals surface area contributed by atoms with Gasteiger partial charge in [-0.2, -0.15) is 5.10 Å². The highest BCUT2D eigenvalue weighted by Crippen LogP contribution is 2.32. The van der Waals surface area contributed by atoms with Crippen LogP contribution >= 0.6 is 11.8 Å². The summed E-state index contributed by atoms with van der Waals surface area (Å²) in [5, 5.41) is 19.7. The number of thioether (sulfide) groups is 1. The van der Waals surface area contributed by atoms with Gasteiger partial charge in [-0.1, -0.05) is 74.0 Å². The summed E-state index contributed by atoms with van der Waals surface area (Å²) >= 11 is 1.43. The Morgan fingerprint density at radius 2 is 2.00 bits per heavy atom. The van der Waals surface area contributed by atoms with Gasteiger partial charge in [-0.25, -0.2) is 0 Å². The molecule has 1 atom stereocenters. The van der Waals surface area contributed by atoms with Gasteiger partial charge >= 0.3 is 0 Å². The number of unbranched alkanes of at least 4 members (excludes halogenated alkanes) is 1. The van der Waals surface area contributed by atoms with Gasteiger partial charge in [-0.05, 0) is 12.0 Å². The molecule has 29 heavy (non-hydrogen) atoms. The molecular formula is C21H22N4O3S. The normalized spacial score (nSPS) is 18.1. The van der Waals surface area contributed by atoms with E-state index in [1.54, 1.807) is 17.0 Å². The van der Waals surface area contributed by atoms with Gasteiger partial charge in [-0.15, -0.1) is 5.10 Å². The van der Waals surface area contributed by atoms with Gasteiger partial charge in [0.1, 0.15) is 0 Å². The maximum absolute atomic E-state index is 12.9. The predicted molar refractivity (Wildman–Crippen MR) is 116 cm³/mol. The first-order valence-electron chi connectivity index (χ1n) is 9.46. The minimum Gasteiger partial charge on any atom is -0.284 e. The maximum atomic E-state index is 12.9. The zero-order valence-corrected chi connectivity index (χ0v) is 16.9. The minimum absolute atomic E-state index is 0.00245. The number of rotatable bonds is 8. The molecule has 0 aliphatic carbocycles. The van der Waals surface area contributed by atoms with Crippen molar-refractivity contribution in [3.05, 3.63) is 75.8 Å². The predicted octanol–water partition coefficient (Wildman–Crippen LogP) is 4.62. The van der Waals surface area contributed by atoms with Gasteiger partial charge in [0.15, 0.2) is 5.17 Å². The number of non-ortho nitro benzene ring substituents is 1. The van der Waals surface area contributed by atoms with Crippen LogP contribution < -0.4 is 0 Å². The lowest BCUT2D eigenvalue weighted by molar-refractivity contribution is -0.384. The molecule has 7 nitrogen and oxygen atoms in total. The summed E-state index contributed by atoms with van der Waals surface area (Å²) in [7, 11) is 0. The molecule has 1 amide bonds. The number of benzene rings is 2. The highest BCUT2D eigenvalue weighted by atomic mass is 32.2. The fraction of sp³-hybridized carbons (Fsp3) is 0.286. The van der Waals surface area contributed by atoms with Crippen LogP contribution in [0.2, 0.25) is 0 Å². The van der Waals surface area contributed by atoms with Crippen molar-refractivity contribution < 1.29 is 9.72 Å². The van der Waals surface area contributed by atoms with E-state index in [4.69, 9.17) is 0 Å². The lowest BCUT2D eigenvalue weighted by Gasteiger charge is -2.15. The first-order chi connectivity index (χ1) is 14.1. The van der Waals surface area contributed by atoms with Gasteiger partial charge < -0.3 is 0 Å². The van der Waals surface area contributed by atoms with Gasteiger partial charge in [0.25, 0.3) is 5.69 Å². The van der Waals surface area contributed by atoms with Crippen molar-refractivity contribution in [2.24, 2.45) is 10.2 Å². The maximum Gasteiger partial charge on any atom is 0.270 e. The van der Waals surface area contributed by atoms with Crippen molar-refractivity contribution >= 4 is 34.7 Å². The van der Waals surface area contributed by atoms with Crippen LogP contribution in [0.1, 0.15) is 37.3 Å². The van der Waals surface area contributed by atoms with Gasteiger partial charge in [-0.3, -0.25) is 19.8 Å². The van der Waals surface area contributed by atoms with Crippen molar-refractivity contribution in [3.8, 4) is 0 Å². The molecular weight excluding hydrogens is 388 g/mol. The summed E-state index contributed by atoms with van der Waals surface area (Å²) in [5.74, 6) is 0.0524. The lowest BCUT2D eigenvalue weighted by Crippen LogP contribution is -2.31. The molecule has 1 unspecified atom stereocenters. The number of hydrogen-bond donors (Lipinski definition) is 0. The lowest BCUT2D eigenvalue weighted by atomic mass is 10.1. The summed E-state index contributed by atoms with van der Waals surface area (Å²) < 4.78 is 0. The first-order valence-corrected chi connectivity index (χ1v) is 10.3. The Kier molecular flexibility index (Phi) is 7.13. The minimum atomic E-state index is -0.450. The number of carbonyl (C=O) groups is 1. The van der Waals surface area contributed by atoms with E-state index in [0.717, 1.165) is 24.8 Å². The standard InChI is InChI=1S/C21H22N4O3S/c1-2-3-12-19-20(26)24(15-16-8-5-4-6-9-16)21(29-19)23-22-14-17-10-7-11-18(13-17)25(27)28/h4-11,13-14,19H,2-3,12,15H2,1H3. The molecule has 0 radical (unpaired) electrons. The van der Waals surface area contributed by atoms with E-state index in [2.05, 4.69) is 17.1 Å². The summed E-state index contributed by atoms with van der Waals surface area (Å²) in [6.45, 7) is 2.55. The number of carbonyl (C=O) groups excluding carboxylic acids is 1. The van der Waals surface area contributed by atoms with Crippen LogP contribution in [0.25, 0.3) is 0 Å². The van der Waals surface area contributed by atoms with Gasteiger partial charge in [0.2, 0.25) is 5.91 Å². The fourth-order valence-electron chi connectivity index (χ4n) is 2.93. The summed E-state index contributed by atoms with van der Waals surface area (Å²) in [6.07, 6.45) is 4.28. The summed E-state index contributed by atoms with van der Waals surface area (Å²) in [4.78, 5) is 25.0. The van der Waals surface area contributed by atoms with E-state index < -0.39 is 4.92 Å². The monoisotopic (exact) mass is 410 g/mol. The Morgan fingerprint density at radius 1 is 1.21 bits per heavy atom. The molecule has 2 aromatic rings. The SMILES string of the molecule is CCCCC1SC(=NN=Cc2cccc([N+](=O)[O-])c2)N(Cc2ccccc2)C1=O. The molecule has 0 saturated carbocycles. The highest BCUT2D eigenvalue weighted by molar-refractivity contribution is 8.15. The third kappa shape index (κ3) is 5.51. The number of amides is 1. The quantitative estimate of drug-likeness (QED) is 0.361. The molecule has 8 heteroatoms. The average Bonchev–Trinajstić information content (AvgIpc) is 3.02. The van der Waals surface area contributed by atoms with E-state index in [9.17, 15) is 14.9 Å². The second kappa shape index (κ2) is 9.97. The van der Waals surface area contributed by atoms with E-state index in [1.807, 2.05) is 30.3 Å². The largest absolute Gasteiger partial charge is 0.284 e. The Bertz CT molecular complexity index is 931. The number of amidine groups is 1. The molecule has 0 spiro atoms. The Hall–Kier alpha value is -3.00. The van der Waals surface area contributed by atoms with Crippen LogP contribution in [0.4, 0.5) is 5.69 Å². The third-order valence-corrected chi connectivity index (χ3v) is 5.69. The average molecular weight is 410 g/mol. The van der Waals surface area contributed by atoms with Crippen LogP contribution in [-0.4, -0.2) is 32.4 Å². The third-order valence-electron chi connectivity index (χ3n) is 4.45. The first kappa shape index (κ1) is 20.7. The van der Waals surface area contributed by atoms with Crippen molar-refractivity contribution in [3.63, 3.8) is 0 Å². The number of nitro groups is 1. The highest BCUT2D eigenvalue weighted by Gasteiger charge is 2.37. The van der Waals surface area contributed by atoms with Crippen molar-refractivity contribution in [1.29, 1.82) is 0 Å². The molecule has 0 bridgehead atoms. The molecule has 1 aliphatic heterocycles. The van der Waals surface area contributed by atoms with Crippen molar-refractivity contribution in [2.45, 2.75) is 38.0 Å². The molecule has 1 aliphatic rings. The van der Waals surface area contributed by atoms with Crippen LogP contribution in [0.5, 0.6) is 0 Å². The molecule has 0 N–H and O–H groups in total. The summed E-state index contributed by atoms with van der Waals surface area (Å²) in [5.41, 5.74) is 1.60. The molecule has 2 aromatic carbocycles. The molecule has 150 valence electrons. The van der Waals surface area contributed by atoms with Crippen LogP contribution in [0.15, 0.2) is 64.8 Å². The fourth-order valence-corrected chi connectivity index (χ4v) is 4.08. The van der Waals surface area contributed by atoms with E-state index in [0.29, 0.717) is 17.3 Å². The zero-order valence-electron chi connectivity index (χ0n) is 16.1. The van der Waals surface area contributed by atoms with Gasteiger partial charge in [0, 0.05) is 17.7 Å². The topological polar surface area (TPSA) is 88.2 Å². The Labute approximate surface area is 173 Å². The van der Waals surface area contributed by atoms with E-state index >= 15 is 0 Å². The number of hydrogen-bond acceptors (Lipinski definition) is 6. The molecule has 1 saturated heterocycles. The zero-order chi connectivity index (χ0) is 20.6. The van der Waals surface area contributed by atoms with Crippen LogP contribution in [0.3, 0.4) is 0 Å². The van der Waals surface area contributed by atoms with E-state index in [1.165, 1.54) is 30.1 Å². The van der Waals surface area contributed by atoms with E-state index in [-0.39, 0.29) is 16.8 Å². The van der Waals surface area contributed by atoms with Crippen LogP contribution in [-0.2, 0) is 11.3 Å². The molecule has 3 rings (SSSR count). The number of nitro benzene ring substituents is 1. The second-order valence-corrected chi connectivity index (χ2v) is 7.81. The van der Waals surface area contributed by atoms with Gasteiger partial charge in [0.05, 0.1) is 22.9 Å². The molecule has 1 fully saturated rings. The summed E-state index contributed by atoms with van der Waals surface area (Å²) in [6, 6.07) is 15.9. The molecule has 1 heterocycles. The van der Waals surface area contributed by atoms with Crippen LogP contribution in [0, 0.1) is 10.1 Å². The Morgan fingerprint density at radius 3 is 2.72 bits per heavy atom.